The zero-order chi connectivity index (χ0) is 13.3. The summed E-state index contributed by atoms with van der Waals surface area (Å²) in [7, 11) is 2.17. The minimum absolute atomic E-state index is 0.883. The van der Waals surface area contributed by atoms with Crippen LogP contribution in [-0.2, 0) is 0 Å². The first kappa shape index (κ1) is 14.4. The highest BCUT2D eigenvalue weighted by molar-refractivity contribution is 5.44. The van der Waals surface area contributed by atoms with Gasteiger partial charge in [-0.3, -0.25) is 0 Å². The van der Waals surface area contributed by atoms with Gasteiger partial charge in [-0.2, -0.15) is 0 Å². The minimum Gasteiger partial charge on any atom is -0.375 e. The third-order valence-corrected chi connectivity index (χ3v) is 3.94. The fourth-order valence-electron chi connectivity index (χ4n) is 2.64. The largest absolute Gasteiger partial charge is 0.375 e. The Morgan fingerprint density at radius 2 is 1.95 bits per heavy atom. The molecule has 3 heteroatoms. The van der Waals surface area contributed by atoms with Gasteiger partial charge in [-0.15, -0.1) is 0 Å². The normalized spacial score (nSPS) is 16.5. The van der Waals surface area contributed by atoms with Crippen LogP contribution < -0.4 is 15.5 Å². The van der Waals surface area contributed by atoms with E-state index in [4.69, 9.17) is 0 Å². The Bertz CT molecular complexity index is 333. The first-order valence-electron chi connectivity index (χ1n) is 7.54. The quantitative estimate of drug-likeness (QED) is 0.736. The lowest BCUT2D eigenvalue weighted by molar-refractivity contribution is 0.357. The highest BCUT2D eigenvalue weighted by Gasteiger charge is 2.11. The fourth-order valence-corrected chi connectivity index (χ4v) is 2.64. The Balaban J connectivity index is 1.54. The molecule has 3 nitrogen and oxygen atoms in total. The minimum atomic E-state index is 0.883. The van der Waals surface area contributed by atoms with Crippen LogP contribution in [0.5, 0.6) is 0 Å². The van der Waals surface area contributed by atoms with Gasteiger partial charge in [0.1, 0.15) is 0 Å². The maximum Gasteiger partial charge on any atom is 0.0363 e. The second kappa shape index (κ2) is 8.18. The second-order valence-corrected chi connectivity index (χ2v) is 5.51. The molecule has 19 heavy (non-hydrogen) atoms. The molecule has 0 spiro atoms. The van der Waals surface area contributed by atoms with E-state index in [0.29, 0.717) is 0 Å². The third kappa shape index (κ3) is 5.21. The van der Waals surface area contributed by atoms with Crippen LogP contribution in [0.15, 0.2) is 30.3 Å². The molecule has 1 aromatic rings. The van der Waals surface area contributed by atoms with Gasteiger partial charge in [0.25, 0.3) is 0 Å². The average Bonchev–Trinajstić information content (AvgIpc) is 2.49. The first-order chi connectivity index (χ1) is 9.36. The molecule has 0 bridgehead atoms. The van der Waals surface area contributed by atoms with E-state index in [2.05, 4.69) is 52.9 Å². The summed E-state index contributed by atoms with van der Waals surface area (Å²) in [5, 5.41) is 7.02. The lowest BCUT2D eigenvalue weighted by Crippen LogP contribution is -2.34. The molecule has 0 amide bonds. The monoisotopic (exact) mass is 261 g/mol. The molecular weight excluding hydrogens is 234 g/mol. The van der Waals surface area contributed by atoms with Crippen LogP contribution >= 0.6 is 0 Å². The summed E-state index contributed by atoms with van der Waals surface area (Å²) < 4.78 is 0. The molecule has 2 rings (SSSR count). The number of hydrogen-bond acceptors (Lipinski definition) is 3. The zero-order valence-electron chi connectivity index (χ0n) is 12.1. The van der Waals surface area contributed by atoms with Crippen LogP contribution in [0, 0.1) is 5.92 Å². The van der Waals surface area contributed by atoms with Crippen molar-refractivity contribution < 1.29 is 0 Å². The lowest BCUT2D eigenvalue weighted by atomic mass is 9.98. The Hall–Kier alpha value is -1.06. The van der Waals surface area contributed by atoms with Crippen molar-refractivity contribution in [1.29, 1.82) is 0 Å². The van der Waals surface area contributed by atoms with E-state index < -0.39 is 0 Å². The van der Waals surface area contributed by atoms with Gasteiger partial charge in [0, 0.05) is 19.3 Å². The van der Waals surface area contributed by atoms with Crippen molar-refractivity contribution in [3.63, 3.8) is 0 Å². The van der Waals surface area contributed by atoms with Gasteiger partial charge in [0.05, 0.1) is 0 Å². The second-order valence-electron chi connectivity index (χ2n) is 5.51. The average molecular weight is 261 g/mol. The van der Waals surface area contributed by atoms with E-state index in [1.54, 1.807) is 0 Å². The summed E-state index contributed by atoms with van der Waals surface area (Å²) >= 11 is 0. The van der Waals surface area contributed by atoms with Crippen LogP contribution in [0.25, 0.3) is 0 Å². The van der Waals surface area contributed by atoms with E-state index in [1.165, 1.54) is 44.6 Å². The van der Waals surface area contributed by atoms with E-state index in [-0.39, 0.29) is 0 Å². The van der Waals surface area contributed by atoms with Gasteiger partial charge in [-0.25, -0.2) is 0 Å². The molecule has 0 aliphatic carbocycles. The number of hydrogen-bond donors (Lipinski definition) is 2. The summed E-state index contributed by atoms with van der Waals surface area (Å²) in [6.45, 7) is 5.83. The number of rotatable bonds is 7. The Labute approximate surface area is 117 Å². The van der Waals surface area contributed by atoms with Gasteiger partial charge in [-0.1, -0.05) is 18.2 Å². The van der Waals surface area contributed by atoms with Crippen molar-refractivity contribution in [2.24, 2.45) is 5.92 Å². The van der Waals surface area contributed by atoms with Crippen LogP contribution in [0.1, 0.15) is 19.3 Å². The van der Waals surface area contributed by atoms with Crippen LogP contribution in [0.4, 0.5) is 5.69 Å². The fraction of sp³-hybridized carbons (Fsp3) is 0.625. The molecule has 0 aromatic heterocycles. The van der Waals surface area contributed by atoms with Crippen molar-refractivity contribution >= 4 is 5.69 Å². The summed E-state index contributed by atoms with van der Waals surface area (Å²) in [4.78, 5) is 2.33. The Morgan fingerprint density at radius 3 is 2.68 bits per heavy atom. The van der Waals surface area contributed by atoms with Gasteiger partial charge in [0.15, 0.2) is 0 Å². The molecule has 1 aromatic carbocycles. The number of piperidine rings is 1. The van der Waals surface area contributed by atoms with Gasteiger partial charge in [-0.05, 0) is 63.5 Å². The number of benzene rings is 1. The molecule has 1 heterocycles. The van der Waals surface area contributed by atoms with E-state index in [1.807, 2.05) is 0 Å². The summed E-state index contributed by atoms with van der Waals surface area (Å²) in [5.41, 5.74) is 1.31. The molecule has 1 aliphatic rings. The van der Waals surface area contributed by atoms with Gasteiger partial charge >= 0.3 is 0 Å². The molecule has 0 radical (unpaired) electrons. The molecule has 106 valence electrons. The molecule has 1 aliphatic heterocycles. The molecular formula is C16H27N3. The zero-order valence-corrected chi connectivity index (χ0v) is 12.1. The first-order valence-corrected chi connectivity index (χ1v) is 7.54. The van der Waals surface area contributed by atoms with Crippen LogP contribution in [0.2, 0.25) is 0 Å². The number of para-hydroxylation sites is 1. The summed E-state index contributed by atoms with van der Waals surface area (Å²) in [6, 6.07) is 10.6. The van der Waals surface area contributed by atoms with E-state index in [0.717, 1.165) is 19.0 Å². The third-order valence-electron chi connectivity index (χ3n) is 3.94. The van der Waals surface area contributed by atoms with Gasteiger partial charge in [0.2, 0.25) is 0 Å². The molecule has 0 saturated carbocycles. The smallest absolute Gasteiger partial charge is 0.0363 e. The van der Waals surface area contributed by atoms with Crippen LogP contribution in [-0.4, -0.2) is 39.8 Å². The Morgan fingerprint density at radius 1 is 1.21 bits per heavy atom. The highest BCUT2D eigenvalue weighted by atomic mass is 15.1. The van der Waals surface area contributed by atoms with Gasteiger partial charge < -0.3 is 15.5 Å². The maximum atomic E-state index is 3.61. The van der Waals surface area contributed by atoms with Crippen molar-refractivity contribution in [2.75, 3.05) is 44.7 Å². The van der Waals surface area contributed by atoms with Crippen molar-refractivity contribution in [3.8, 4) is 0 Å². The summed E-state index contributed by atoms with van der Waals surface area (Å²) in [6.07, 6.45) is 3.87. The predicted molar refractivity (Wildman–Crippen MR) is 82.8 cm³/mol. The lowest BCUT2D eigenvalue weighted by Gasteiger charge is -2.23. The number of nitrogens with one attached hydrogen (secondary N) is 2. The predicted octanol–water partition coefficient (Wildman–Crippen LogP) is 2.10. The molecule has 0 atom stereocenters. The van der Waals surface area contributed by atoms with Crippen molar-refractivity contribution in [2.45, 2.75) is 19.3 Å². The summed E-state index contributed by atoms with van der Waals surface area (Å²) in [5.74, 6) is 0.883. The standard InChI is InChI=1S/C16H27N3/c1-19(16-6-3-2-4-7-16)13-5-10-18-14-15-8-11-17-12-9-15/h2-4,6-7,15,17-18H,5,8-14H2,1H3. The number of anilines is 1. The highest BCUT2D eigenvalue weighted by Crippen LogP contribution is 2.11. The molecule has 1 fully saturated rings. The van der Waals surface area contributed by atoms with Crippen molar-refractivity contribution in [1.82, 2.24) is 10.6 Å². The Kier molecular flexibility index (Phi) is 6.18. The molecule has 0 unspecified atom stereocenters. The van der Waals surface area contributed by atoms with Crippen LogP contribution in [0.3, 0.4) is 0 Å². The topological polar surface area (TPSA) is 27.3 Å². The maximum absolute atomic E-state index is 3.61. The van der Waals surface area contributed by atoms with Crippen molar-refractivity contribution in [3.05, 3.63) is 30.3 Å². The molecule has 2 N–H and O–H groups in total. The molecule has 1 saturated heterocycles. The SMILES string of the molecule is CN(CCCNCC1CCNCC1)c1ccccc1. The van der Waals surface area contributed by atoms with E-state index in [9.17, 15) is 0 Å². The van der Waals surface area contributed by atoms with E-state index >= 15 is 0 Å². The number of nitrogens with zero attached hydrogens (tertiary/aromatic N) is 1.